The van der Waals surface area contributed by atoms with Gasteiger partial charge in [0.1, 0.15) is 29.2 Å². The minimum atomic E-state index is -0.895. The van der Waals surface area contributed by atoms with Crippen LogP contribution in [0.2, 0.25) is 0 Å². The minimum Gasteiger partial charge on any atom is -0.494 e. The number of benzene rings is 2. The van der Waals surface area contributed by atoms with Crippen LogP contribution in [0.15, 0.2) is 30.3 Å². The first-order valence-corrected chi connectivity index (χ1v) is 8.16. The van der Waals surface area contributed by atoms with E-state index < -0.39 is 17.5 Å². The van der Waals surface area contributed by atoms with E-state index in [1.54, 1.807) is 0 Å². The van der Waals surface area contributed by atoms with Crippen LogP contribution >= 0.6 is 0 Å². The molecule has 1 N–H and O–H groups in total. The van der Waals surface area contributed by atoms with E-state index in [0.29, 0.717) is 18.4 Å². The summed E-state index contributed by atoms with van der Waals surface area (Å²) in [6, 6.07) is 6.61. The molecule has 4 nitrogen and oxygen atoms in total. The molecule has 0 radical (unpaired) electrons. The highest BCUT2D eigenvalue weighted by Gasteiger charge is 2.22. The highest BCUT2D eigenvalue weighted by atomic mass is 19.1. The third-order valence-electron chi connectivity index (χ3n) is 3.99. The topological polar surface area (TPSA) is 47.6 Å². The molecule has 0 fully saturated rings. The third kappa shape index (κ3) is 3.73. The van der Waals surface area contributed by atoms with Gasteiger partial charge in [0, 0.05) is 30.2 Å². The molecule has 1 heterocycles. The van der Waals surface area contributed by atoms with Gasteiger partial charge in [0.05, 0.1) is 12.2 Å². The van der Waals surface area contributed by atoms with Crippen molar-refractivity contribution in [2.45, 2.75) is 32.9 Å². The zero-order valence-electron chi connectivity index (χ0n) is 14.1. The van der Waals surface area contributed by atoms with Gasteiger partial charge in [-0.05, 0) is 38.1 Å². The number of carbonyl (C=O) groups is 1. The Balaban J connectivity index is 1.78. The zero-order chi connectivity index (χ0) is 18.0. The van der Waals surface area contributed by atoms with Crippen LogP contribution in [0.25, 0.3) is 0 Å². The number of hydrogen-bond acceptors (Lipinski definition) is 3. The van der Waals surface area contributed by atoms with Gasteiger partial charge in [-0.25, -0.2) is 8.78 Å². The Kier molecular flexibility index (Phi) is 4.88. The van der Waals surface area contributed by atoms with Crippen LogP contribution in [0.5, 0.6) is 11.5 Å². The van der Waals surface area contributed by atoms with Crippen LogP contribution in [0.3, 0.4) is 0 Å². The van der Waals surface area contributed by atoms with Gasteiger partial charge in [0.25, 0.3) is 5.91 Å². The van der Waals surface area contributed by atoms with Crippen molar-refractivity contribution in [1.29, 1.82) is 0 Å². The number of ether oxygens (including phenoxy) is 2. The Bertz CT molecular complexity index is 807. The molecule has 25 heavy (non-hydrogen) atoms. The Morgan fingerprint density at radius 2 is 2.12 bits per heavy atom. The third-order valence-corrected chi connectivity index (χ3v) is 3.99. The van der Waals surface area contributed by atoms with Crippen molar-refractivity contribution in [2.24, 2.45) is 0 Å². The second kappa shape index (κ2) is 7.09. The smallest absolute Gasteiger partial charge is 0.254 e. The number of amides is 1. The van der Waals surface area contributed by atoms with Crippen molar-refractivity contribution < 1.29 is 23.0 Å². The van der Waals surface area contributed by atoms with Gasteiger partial charge in [-0.2, -0.15) is 0 Å². The van der Waals surface area contributed by atoms with Crippen LogP contribution in [-0.2, 0) is 13.0 Å². The van der Waals surface area contributed by atoms with Crippen LogP contribution in [0.4, 0.5) is 8.78 Å². The van der Waals surface area contributed by atoms with E-state index in [4.69, 9.17) is 9.47 Å². The molecule has 2 aromatic rings. The SMILES string of the molecule is CCOc1cc2c(cc1CNC(=O)c1ccc(F)cc1F)O[C@@H](C)C2. The summed E-state index contributed by atoms with van der Waals surface area (Å²) >= 11 is 0. The lowest BCUT2D eigenvalue weighted by atomic mass is 10.1. The maximum Gasteiger partial charge on any atom is 0.254 e. The van der Waals surface area contributed by atoms with Crippen molar-refractivity contribution in [1.82, 2.24) is 5.32 Å². The van der Waals surface area contributed by atoms with Crippen LogP contribution in [-0.4, -0.2) is 18.6 Å². The van der Waals surface area contributed by atoms with Gasteiger partial charge in [0.15, 0.2) is 0 Å². The first-order chi connectivity index (χ1) is 12.0. The molecule has 1 aliphatic heterocycles. The maximum atomic E-state index is 13.7. The Morgan fingerprint density at radius 1 is 1.32 bits per heavy atom. The van der Waals surface area contributed by atoms with Crippen LogP contribution < -0.4 is 14.8 Å². The van der Waals surface area contributed by atoms with E-state index in [-0.39, 0.29) is 18.2 Å². The van der Waals surface area contributed by atoms with Gasteiger partial charge < -0.3 is 14.8 Å². The van der Waals surface area contributed by atoms with Gasteiger partial charge in [0.2, 0.25) is 0 Å². The Labute approximate surface area is 144 Å². The van der Waals surface area contributed by atoms with Crippen molar-refractivity contribution in [2.75, 3.05) is 6.61 Å². The lowest BCUT2D eigenvalue weighted by Crippen LogP contribution is -2.24. The second-order valence-corrected chi connectivity index (χ2v) is 5.94. The molecule has 3 rings (SSSR count). The fourth-order valence-electron chi connectivity index (χ4n) is 2.85. The highest BCUT2D eigenvalue weighted by molar-refractivity contribution is 5.94. The zero-order valence-corrected chi connectivity index (χ0v) is 14.1. The van der Waals surface area contributed by atoms with Crippen molar-refractivity contribution in [3.05, 3.63) is 58.7 Å². The molecular weight excluding hydrogens is 328 g/mol. The van der Waals surface area contributed by atoms with E-state index in [2.05, 4.69) is 5.32 Å². The maximum absolute atomic E-state index is 13.7. The van der Waals surface area contributed by atoms with E-state index in [9.17, 15) is 13.6 Å². The van der Waals surface area contributed by atoms with Crippen molar-refractivity contribution in [3.63, 3.8) is 0 Å². The lowest BCUT2D eigenvalue weighted by molar-refractivity contribution is 0.0946. The fraction of sp³-hybridized carbons (Fsp3) is 0.316. The lowest BCUT2D eigenvalue weighted by Gasteiger charge is -2.13. The Hall–Kier alpha value is -2.63. The van der Waals surface area contributed by atoms with Crippen molar-refractivity contribution >= 4 is 5.91 Å². The summed E-state index contributed by atoms with van der Waals surface area (Å²) in [5.41, 5.74) is 1.60. The monoisotopic (exact) mass is 347 g/mol. The molecular formula is C19H19F2NO3. The molecule has 0 spiro atoms. The summed E-state index contributed by atoms with van der Waals surface area (Å²) in [5.74, 6) is -0.798. The predicted molar refractivity (Wildman–Crippen MR) is 88.9 cm³/mol. The Morgan fingerprint density at radius 3 is 2.84 bits per heavy atom. The summed E-state index contributed by atoms with van der Waals surface area (Å²) in [5, 5.41) is 2.64. The predicted octanol–water partition coefficient (Wildman–Crippen LogP) is 3.62. The molecule has 1 atom stereocenters. The largest absolute Gasteiger partial charge is 0.494 e. The normalized spacial score (nSPS) is 15.4. The van der Waals surface area contributed by atoms with Crippen LogP contribution in [0.1, 0.15) is 35.3 Å². The molecule has 0 saturated carbocycles. The molecule has 0 saturated heterocycles. The number of carbonyl (C=O) groups excluding carboxylic acids is 1. The molecule has 2 aromatic carbocycles. The highest BCUT2D eigenvalue weighted by Crippen LogP contribution is 2.35. The summed E-state index contributed by atoms with van der Waals surface area (Å²) in [4.78, 5) is 12.2. The minimum absolute atomic E-state index is 0.0997. The molecule has 0 unspecified atom stereocenters. The van der Waals surface area contributed by atoms with E-state index >= 15 is 0 Å². The van der Waals surface area contributed by atoms with Gasteiger partial charge in [-0.3, -0.25) is 4.79 Å². The van der Waals surface area contributed by atoms with Crippen molar-refractivity contribution in [3.8, 4) is 11.5 Å². The summed E-state index contributed by atoms with van der Waals surface area (Å²) < 4.78 is 38.0. The van der Waals surface area contributed by atoms with Gasteiger partial charge in [-0.1, -0.05) is 0 Å². The summed E-state index contributed by atoms with van der Waals surface area (Å²) in [6.07, 6.45) is 0.908. The number of rotatable bonds is 5. The molecule has 0 aliphatic carbocycles. The number of fused-ring (bicyclic) bond motifs is 1. The first kappa shape index (κ1) is 17.2. The molecule has 0 bridgehead atoms. The first-order valence-electron chi connectivity index (χ1n) is 8.16. The molecule has 1 aliphatic rings. The van der Waals surface area contributed by atoms with E-state index in [1.807, 2.05) is 26.0 Å². The average molecular weight is 347 g/mol. The quantitative estimate of drug-likeness (QED) is 0.899. The van der Waals surface area contributed by atoms with Gasteiger partial charge >= 0.3 is 0 Å². The molecule has 6 heteroatoms. The number of halogens is 2. The fourth-order valence-corrected chi connectivity index (χ4v) is 2.85. The van der Waals surface area contributed by atoms with Gasteiger partial charge in [-0.15, -0.1) is 0 Å². The number of hydrogen-bond donors (Lipinski definition) is 1. The molecule has 1 amide bonds. The van der Waals surface area contributed by atoms with E-state index in [0.717, 1.165) is 35.4 Å². The van der Waals surface area contributed by atoms with E-state index in [1.165, 1.54) is 0 Å². The summed E-state index contributed by atoms with van der Waals surface area (Å²) in [7, 11) is 0. The second-order valence-electron chi connectivity index (χ2n) is 5.94. The van der Waals surface area contributed by atoms with Crippen LogP contribution in [0, 0.1) is 11.6 Å². The average Bonchev–Trinajstić information content (AvgIpc) is 2.91. The molecule has 132 valence electrons. The standard InChI is InChI=1S/C19H19F2NO3/c1-3-24-17-7-12-6-11(2)25-18(12)8-13(17)10-22-19(23)15-5-4-14(20)9-16(15)21/h4-5,7-9,11H,3,6,10H2,1-2H3,(H,22,23)/t11-/m0/s1. The molecule has 0 aromatic heterocycles. The number of nitrogens with one attached hydrogen (secondary N) is 1. The summed E-state index contributed by atoms with van der Waals surface area (Å²) in [6.45, 7) is 4.50.